The number of halogens is 1. The van der Waals surface area contributed by atoms with E-state index < -0.39 is 11.9 Å². The summed E-state index contributed by atoms with van der Waals surface area (Å²) in [6.45, 7) is 0. The van der Waals surface area contributed by atoms with Crippen molar-refractivity contribution in [2.24, 2.45) is 11.5 Å². The van der Waals surface area contributed by atoms with Crippen molar-refractivity contribution >= 4 is 17.5 Å². The molecule has 4 N–H and O–H groups in total. The van der Waals surface area contributed by atoms with Gasteiger partial charge in [0.05, 0.1) is 24.1 Å². The topological polar surface area (TPSA) is 94.9 Å². The quantitative estimate of drug-likeness (QED) is 0.687. The van der Waals surface area contributed by atoms with Gasteiger partial charge in [0.2, 0.25) is 5.91 Å². The van der Waals surface area contributed by atoms with Crippen molar-refractivity contribution in [3.8, 4) is 0 Å². The summed E-state index contributed by atoms with van der Waals surface area (Å²) < 4.78 is 0. The first-order chi connectivity index (χ1) is 6.09. The maximum atomic E-state index is 10.6. The summed E-state index contributed by atoms with van der Waals surface area (Å²) in [6, 6.07) is -0.726. The van der Waals surface area contributed by atoms with E-state index in [0.717, 1.165) is 0 Å². The molecule has 1 amide bonds. The summed E-state index contributed by atoms with van der Waals surface area (Å²) in [6.07, 6.45) is 3.13. The fourth-order valence-corrected chi connectivity index (χ4v) is 0.868. The van der Waals surface area contributed by atoms with E-state index in [1.807, 2.05) is 0 Å². The Morgan fingerprint density at radius 3 is 2.69 bits per heavy atom. The number of carbonyl (C=O) groups is 1. The van der Waals surface area contributed by atoms with Gasteiger partial charge in [-0.3, -0.25) is 9.78 Å². The Hall–Kier alpha value is -1.20. The van der Waals surface area contributed by atoms with Gasteiger partial charge in [-0.15, -0.1) is 0 Å². The van der Waals surface area contributed by atoms with Gasteiger partial charge in [-0.2, -0.15) is 0 Å². The Labute approximate surface area is 80.1 Å². The Morgan fingerprint density at radius 2 is 2.23 bits per heavy atom. The Kier molecular flexibility index (Phi) is 3.16. The molecule has 0 bridgehead atoms. The fourth-order valence-electron chi connectivity index (χ4n) is 0.770. The van der Waals surface area contributed by atoms with Crippen LogP contribution in [0.1, 0.15) is 5.69 Å². The largest absolute Gasteiger partial charge is 0.368 e. The van der Waals surface area contributed by atoms with Gasteiger partial charge in [-0.25, -0.2) is 4.98 Å². The lowest BCUT2D eigenvalue weighted by atomic mass is 10.2. The van der Waals surface area contributed by atoms with E-state index in [2.05, 4.69) is 9.97 Å². The SMILES string of the molecule is NC(=O)C(N)Cc1cnc(Cl)cn1. The maximum Gasteiger partial charge on any atom is 0.234 e. The molecule has 0 spiro atoms. The number of aromatic nitrogens is 2. The van der Waals surface area contributed by atoms with Gasteiger partial charge in [-0.05, 0) is 0 Å². The van der Waals surface area contributed by atoms with Crippen LogP contribution in [0.2, 0.25) is 5.15 Å². The van der Waals surface area contributed by atoms with E-state index in [9.17, 15) is 4.79 Å². The van der Waals surface area contributed by atoms with Gasteiger partial charge in [0, 0.05) is 6.42 Å². The molecule has 1 unspecified atom stereocenters. The lowest BCUT2D eigenvalue weighted by Crippen LogP contribution is -2.38. The molecule has 70 valence electrons. The lowest BCUT2D eigenvalue weighted by Gasteiger charge is -2.05. The number of amides is 1. The van der Waals surface area contributed by atoms with Crippen LogP contribution in [0.25, 0.3) is 0 Å². The van der Waals surface area contributed by atoms with Crippen LogP contribution in [-0.4, -0.2) is 21.9 Å². The summed E-state index contributed by atoms with van der Waals surface area (Å²) >= 11 is 5.51. The number of rotatable bonds is 3. The van der Waals surface area contributed by atoms with Crippen LogP contribution in [0.3, 0.4) is 0 Å². The molecule has 6 heteroatoms. The van der Waals surface area contributed by atoms with Crippen molar-refractivity contribution in [3.05, 3.63) is 23.2 Å². The molecule has 0 saturated heterocycles. The normalized spacial score (nSPS) is 12.5. The Bertz CT molecular complexity index is 300. The molecule has 0 aromatic carbocycles. The number of nitrogens with zero attached hydrogens (tertiary/aromatic N) is 2. The van der Waals surface area contributed by atoms with E-state index in [1.165, 1.54) is 12.4 Å². The molecule has 0 aliphatic rings. The van der Waals surface area contributed by atoms with Crippen molar-refractivity contribution in [1.29, 1.82) is 0 Å². The van der Waals surface area contributed by atoms with E-state index in [-0.39, 0.29) is 6.42 Å². The zero-order valence-electron chi connectivity index (χ0n) is 6.77. The maximum absolute atomic E-state index is 10.6. The van der Waals surface area contributed by atoms with Crippen molar-refractivity contribution in [2.75, 3.05) is 0 Å². The Morgan fingerprint density at radius 1 is 1.54 bits per heavy atom. The van der Waals surface area contributed by atoms with Crippen LogP contribution in [-0.2, 0) is 11.2 Å². The van der Waals surface area contributed by atoms with Gasteiger partial charge in [0.25, 0.3) is 0 Å². The van der Waals surface area contributed by atoms with Crippen LogP contribution >= 0.6 is 11.6 Å². The highest BCUT2D eigenvalue weighted by Gasteiger charge is 2.10. The minimum Gasteiger partial charge on any atom is -0.368 e. The van der Waals surface area contributed by atoms with Crippen LogP contribution < -0.4 is 11.5 Å². The van der Waals surface area contributed by atoms with Crippen LogP contribution in [0, 0.1) is 0 Å². The second-order valence-electron chi connectivity index (χ2n) is 2.54. The summed E-state index contributed by atoms with van der Waals surface area (Å²) in [7, 11) is 0. The van der Waals surface area contributed by atoms with Gasteiger partial charge in [-0.1, -0.05) is 11.6 Å². The summed E-state index contributed by atoms with van der Waals surface area (Å²) in [4.78, 5) is 18.3. The first kappa shape index (κ1) is 9.88. The van der Waals surface area contributed by atoms with Gasteiger partial charge in [0.15, 0.2) is 0 Å². The van der Waals surface area contributed by atoms with Gasteiger partial charge < -0.3 is 11.5 Å². The van der Waals surface area contributed by atoms with Crippen molar-refractivity contribution < 1.29 is 4.79 Å². The molecule has 0 saturated carbocycles. The zero-order chi connectivity index (χ0) is 9.84. The van der Waals surface area contributed by atoms with E-state index in [4.69, 9.17) is 23.1 Å². The van der Waals surface area contributed by atoms with Crippen molar-refractivity contribution in [1.82, 2.24) is 9.97 Å². The number of hydrogen-bond acceptors (Lipinski definition) is 4. The highest BCUT2D eigenvalue weighted by atomic mass is 35.5. The van der Waals surface area contributed by atoms with Crippen LogP contribution in [0.15, 0.2) is 12.4 Å². The summed E-state index contributed by atoms with van der Waals surface area (Å²) in [5, 5.41) is 0.302. The molecule has 13 heavy (non-hydrogen) atoms. The standard InChI is InChI=1S/C7H9ClN4O/c8-6-3-11-4(2-12-6)1-5(9)7(10)13/h2-3,5H,1,9H2,(H2,10,13). The average Bonchev–Trinajstić information content (AvgIpc) is 2.08. The minimum absolute atomic E-state index is 0.277. The molecule has 0 aliphatic carbocycles. The number of hydrogen-bond donors (Lipinski definition) is 2. The monoisotopic (exact) mass is 200 g/mol. The third-order valence-corrected chi connectivity index (χ3v) is 1.66. The molecule has 0 fully saturated rings. The van der Waals surface area contributed by atoms with Crippen LogP contribution in [0.4, 0.5) is 0 Å². The molecule has 1 atom stereocenters. The molecule has 5 nitrogen and oxygen atoms in total. The number of primary amides is 1. The van der Waals surface area contributed by atoms with E-state index in [0.29, 0.717) is 10.8 Å². The molecule has 0 aliphatic heterocycles. The lowest BCUT2D eigenvalue weighted by molar-refractivity contribution is -0.119. The average molecular weight is 201 g/mol. The smallest absolute Gasteiger partial charge is 0.234 e. The second-order valence-corrected chi connectivity index (χ2v) is 2.93. The second kappa shape index (κ2) is 4.15. The van der Waals surface area contributed by atoms with Gasteiger partial charge >= 0.3 is 0 Å². The number of nitrogens with two attached hydrogens (primary N) is 2. The third kappa shape index (κ3) is 2.96. The molecule has 0 radical (unpaired) electrons. The molecule has 1 aromatic heterocycles. The van der Waals surface area contributed by atoms with E-state index in [1.54, 1.807) is 0 Å². The third-order valence-electron chi connectivity index (χ3n) is 1.47. The summed E-state index contributed by atoms with van der Waals surface area (Å²) in [5.41, 5.74) is 11.0. The first-order valence-corrected chi connectivity index (χ1v) is 3.98. The molecular formula is C7H9ClN4O. The van der Waals surface area contributed by atoms with Gasteiger partial charge in [0.1, 0.15) is 5.15 Å². The fraction of sp³-hybridized carbons (Fsp3) is 0.286. The molecular weight excluding hydrogens is 192 g/mol. The predicted molar refractivity (Wildman–Crippen MR) is 47.9 cm³/mol. The zero-order valence-corrected chi connectivity index (χ0v) is 7.53. The predicted octanol–water partition coefficient (Wildman–Crippen LogP) is -0.515. The minimum atomic E-state index is -0.726. The highest BCUT2D eigenvalue weighted by molar-refractivity contribution is 6.29. The molecule has 1 heterocycles. The Balaban J connectivity index is 2.64. The summed E-state index contributed by atoms with van der Waals surface area (Å²) in [5.74, 6) is -0.559. The van der Waals surface area contributed by atoms with Crippen LogP contribution in [0.5, 0.6) is 0 Å². The highest BCUT2D eigenvalue weighted by Crippen LogP contribution is 2.02. The van der Waals surface area contributed by atoms with Crippen molar-refractivity contribution in [3.63, 3.8) is 0 Å². The molecule has 1 rings (SSSR count). The number of carbonyl (C=O) groups excluding carboxylic acids is 1. The van der Waals surface area contributed by atoms with E-state index >= 15 is 0 Å². The van der Waals surface area contributed by atoms with Crippen molar-refractivity contribution in [2.45, 2.75) is 12.5 Å². The first-order valence-electron chi connectivity index (χ1n) is 3.61. The molecule has 1 aromatic rings.